The maximum Gasteiger partial charge on any atom is 0.707 e. The molecular formula is C10H9BO4. The molecule has 3 N–H and O–H groups in total. The summed E-state index contributed by atoms with van der Waals surface area (Å²) < 4.78 is 4.61. The lowest BCUT2D eigenvalue weighted by atomic mass is 10.1. The van der Waals surface area contributed by atoms with E-state index in [0.717, 1.165) is 5.39 Å². The molecule has 0 aliphatic carbocycles. The summed E-state index contributed by atoms with van der Waals surface area (Å²) in [7, 11) is -1.93. The number of hydrogen-bond acceptors (Lipinski definition) is 4. The van der Waals surface area contributed by atoms with Crippen LogP contribution in [0.3, 0.4) is 0 Å². The van der Waals surface area contributed by atoms with Gasteiger partial charge in [0, 0.05) is 5.39 Å². The summed E-state index contributed by atoms with van der Waals surface area (Å²) in [6.07, 6.45) is 0. The zero-order chi connectivity index (χ0) is 10.8. The third-order valence-electron chi connectivity index (χ3n) is 2.10. The van der Waals surface area contributed by atoms with E-state index < -0.39 is 7.32 Å². The largest absolute Gasteiger partial charge is 0.707 e. The number of hydrogen-bond donors (Lipinski definition) is 3. The van der Waals surface area contributed by atoms with E-state index in [-0.39, 0.29) is 11.5 Å². The van der Waals surface area contributed by atoms with Gasteiger partial charge in [0.1, 0.15) is 5.75 Å². The predicted molar refractivity (Wildman–Crippen MR) is 56.4 cm³/mol. The van der Waals surface area contributed by atoms with E-state index in [1.807, 2.05) is 12.1 Å². The first-order chi connectivity index (χ1) is 7.18. The van der Waals surface area contributed by atoms with Crippen LogP contribution in [0.25, 0.3) is 10.8 Å². The lowest BCUT2D eigenvalue weighted by Crippen LogP contribution is -2.20. The molecule has 2 rings (SSSR count). The Hall–Kier alpha value is -1.72. The highest BCUT2D eigenvalue weighted by Gasteiger charge is 2.15. The topological polar surface area (TPSA) is 69.9 Å². The molecule has 0 aliphatic rings. The van der Waals surface area contributed by atoms with Crippen molar-refractivity contribution in [2.24, 2.45) is 0 Å². The van der Waals surface area contributed by atoms with Gasteiger partial charge in [0.15, 0.2) is 5.75 Å². The van der Waals surface area contributed by atoms with Crippen molar-refractivity contribution in [3.63, 3.8) is 0 Å². The highest BCUT2D eigenvalue weighted by molar-refractivity contribution is 6.34. The lowest BCUT2D eigenvalue weighted by molar-refractivity contribution is 0.282. The van der Waals surface area contributed by atoms with Crippen molar-refractivity contribution in [2.75, 3.05) is 0 Å². The zero-order valence-electron chi connectivity index (χ0n) is 7.79. The Morgan fingerprint density at radius 2 is 1.73 bits per heavy atom. The Bertz CT molecular complexity index is 484. The van der Waals surface area contributed by atoms with Gasteiger partial charge >= 0.3 is 7.32 Å². The van der Waals surface area contributed by atoms with Crippen LogP contribution in [0, 0.1) is 0 Å². The molecule has 0 unspecified atom stereocenters. The second kappa shape index (κ2) is 3.80. The summed E-state index contributed by atoms with van der Waals surface area (Å²) in [6, 6.07) is 10.4. The lowest BCUT2D eigenvalue weighted by Gasteiger charge is -2.08. The average molecular weight is 204 g/mol. The van der Waals surface area contributed by atoms with Crippen LogP contribution in [-0.4, -0.2) is 22.5 Å². The molecule has 0 saturated heterocycles. The van der Waals surface area contributed by atoms with Crippen LogP contribution in [0.5, 0.6) is 11.5 Å². The van der Waals surface area contributed by atoms with Crippen molar-refractivity contribution in [3.8, 4) is 11.5 Å². The Kier molecular flexibility index (Phi) is 2.49. The monoisotopic (exact) mass is 204 g/mol. The summed E-state index contributed by atoms with van der Waals surface area (Å²) in [4.78, 5) is 0. The first kappa shape index (κ1) is 9.83. The van der Waals surface area contributed by atoms with Crippen molar-refractivity contribution in [2.45, 2.75) is 0 Å². The number of phenols is 1. The van der Waals surface area contributed by atoms with Crippen molar-refractivity contribution in [3.05, 3.63) is 36.4 Å². The van der Waals surface area contributed by atoms with Gasteiger partial charge in [-0.25, -0.2) is 0 Å². The average Bonchev–Trinajstić information content (AvgIpc) is 2.22. The second-order valence-electron chi connectivity index (χ2n) is 3.08. The molecule has 15 heavy (non-hydrogen) atoms. The van der Waals surface area contributed by atoms with Gasteiger partial charge in [-0.1, -0.05) is 30.3 Å². The van der Waals surface area contributed by atoms with Gasteiger partial charge in [0.25, 0.3) is 0 Å². The molecule has 0 aliphatic heterocycles. The Labute approximate surface area is 86.5 Å². The van der Waals surface area contributed by atoms with Crippen LogP contribution in [0.1, 0.15) is 0 Å². The highest BCUT2D eigenvalue weighted by atomic mass is 16.6. The van der Waals surface area contributed by atoms with Gasteiger partial charge in [-0.3, -0.25) is 0 Å². The summed E-state index contributed by atoms with van der Waals surface area (Å²) in [5.41, 5.74) is 0. The molecule has 0 amide bonds. The van der Waals surface area contributed by atoms with Crippen molar-refractivity contribution in [1.29, 1.82) is 0 Å². The zero-order valence-corrected chi connectivity index (χ0v) is 7.79. The van der Waals surface area contributed by atoms with Crippen molar-refractivity contribution in [1.82, 2.24) is 0 Å². The molecule has 2 aromatic carbocycles. The second-order valence-corrected chi connectivity index (χ2v) is 3.08. The summed E-state index contributed by atoms with van der Waals surface area (Å²) in [5, 5.41) is 28.5. The number of fused-ring (bicyclic) bond motifs is 1. The van der Waals surface area contributed by atoms with Crippen LogP contribution in [0.4, 0.5) is 0 Å². The smallest absolute Gasteiger partial charge is 0.509 e. The number of aromatic hydroxyl groups is 1. The molecule has 0 heterocycles. The summed E-state index contributed by atoms with van der Waals surface area (Å²) >= 11 is 0. The first-order valence-electron chi connectivity index (χ1n) is 4.42. The third-order valence-corrected chi connectivity index (χ3v) is 2.10. The Morgan fingerprint density at radius 3 is 2.47 bits per heavy atom. The molecule has 2 aromatic rings. The SMILES string of the molecule is OB(O)Oc1ccc2ccccc2c1O. The number of rotatable bonds is 2. The molecule has 0 saturated carbocycles. The van der Waals surface area contributed by atoms with Crippen molar-refractivity contribution >= 4 is 18.1 Å². The molecule has 0 radical (unpaired) electrons. The van der Waals surface area contributed by atoms with Gasteiger partial charge in [-0.05, 0) is 11.5 Å². The number of phenolic OH excluding ortho intramolecular Hbond substituents is 1. The van der Waals surface area contributed by atoms with E-state index in [2.05, 4.69) is 4.65 Å². The van der Waals surface area contributed by atoms with Crippen LogP contribution < -0.4 is 4.65 Å². The molecule has 5 heteroatoms. The molecule has 0 fully saturated rings. The Balaban J connectivity index is 2.55. The van der Waals surface area contributed by atoms with E-state index in [0.29, 0.717) is 5.39 Å². The van der Waals surface area contributed by atoms with Gasteiger partial charge in [0.2, 0.25) is 0 Å². The minimum atomic E-state index is -1.93. The van der Waals surface area contributed by atoms with Crippen molar-refractivity contribution < 1.29 is 19.8 Å². The van der Waals surface area contributed by atoms with Gasteiger partial charge in [-0.2, -0.15) is 0 Å². The standard InChI is InChI=1S/C10H9BO4/c12-10-8-4-2-1-3-7(8)5-6-9(10)15-11(13)14/h1-6,12-14H. The quantitative estimate of drug-likeness (QED) is 0.635. The van der Waals surface area contributed by atoms with E-state index >= 15 is 0 Å². The van der Waals surface area contributed by atoms with Gasteiger partial charge in [-0.15, -0.1) is 0 Å². The normalized spacial score (nSPS) is 10.3. The van der Waals surface area contributed by atoms with E-state index in [1.54, 1.807) is 18.2 Å². The van der Waals surface area contributed by atoms with Gasteiger partial charge in [0.05, 0.1) is 0 Å². The fourth-order valence-corrected chi connectivity index (χ4v) is 1.44. The minimum absolute atomic E-state index is 0.0451. The molecule has 4 nitrogen and oxygen atoms in total. The number of benzene rings is 2. The van der Waals surface area contributed by atoms with E-state index in [1.165, 1.54) is 6.07 Å². The maximum atomic E-state index is 9.75. The highest BCUT2D eigenvalue weighted by Crippen LogP contribution is 2.34. The summed E-state index contributed by atoms with van der Waals surface area (Å²) in [6.45, 7) is 0. The third kappa shape index (κ3) is 1.88. The molecule has 0 aromatic heterocycles. The molecule has 0 spiro atoms. The molecular weight excluding hydrogens is 195 g/mol. The Morgan fingerprint density at radius 1 is 1.00 bits per heavy atom. The van der Waals surface area contributed by atoms with Crippen LogP contribution in [0.15, 0.2) is 36.4 Å². The molecule has 0 bridgehead atoms. The fourth-order valence-electron chi connectivity index (χ4n) is 1.44. The minimum Gasteiger partial charge on any atom is -0.509 e. The van der Waals surface area contributed by atoms with Crippen LogP contribution in [0.2, 0.25) is 0 Å². The summed E-state index contributed by atoms with van der Waals surface area (Å²) in [5.74, 6) is -0.0510. The van der Waals surface area contributed by atoms with E-state index in [4.69, 9.17) is 10.0 Å². The molecule has 0 atom stereocenters. The van der Waals surface area contributed by atoms with Gasteiger partial charge < -0.3 is 19.8 Å². The van der Waals surface area contributed by atoms with Crippen LogP contribution >= 0.6 is 0 Å². The molecule has 76 valence electrons. The predicted octanol–water partition coefficient (Wildman–Crippen LogP) is 0.894. The van der Waals surface area contributed by atoms with Crippen LogP contribution in [-0.2, 0) is 0 Å². The fraction of sp³-hybridized carbons (Fsp3) is 0. The first-order valence-corrected chi connectivity index (χ1v) is 4.42. The maximum absolute atomic E-state index is 9.75. The van der Waals surface area contributed by atoms with E-state index in [9.17, 15) is 5.11 Å².